The van der Waals surface area contributed by atoms with Crippen LogP contribution in [0.5, 0.6) is 0 Å². The molecule has 1 aliphatic rings. The molecule has 1 amide bonds. The smallest absolute Gasteiger partial charge is 0.228 e. The molecule has 1 unspecified atom stereocenters. The van der Waals surface area contributed by atoms with E-state index in [2.05, 4.69) is 5.32 Å². The second kappa shape index (κ2) is 7.10. The first-order valence-electron chi connectivity index (χ1n) is 7.36. The van der Waals surface area contributed by atoms with E-state index in [4.69, 9.17) is 16.7 Å². The lowest BCUT2D eigenvalue weighted by Crippen LogP contribution is -2.38. The van der Waals surface area contributed by atoms with Gasteiger partial charge in [-0.25, -0.2) is 0 Å². The first-order chi connectivity index (χ1) is 10.0. The summed E-state index contributed by atoms with van der Waals surface area (Å²) < 4.78 is 0. The molecular weight excluding hydrogens is 286 g/mol. The molecule has 1 aliphatic carbocycles. The molecule has 0 saturated carbocycles. The van der Waals surface area contributed by atoms with Gasteiger partial charge in [-0.2, -0.15) is 0 Å². The van der Waals surface area contributed by atoms with Gasteiger partial charge in [0.1, 0.15) is 0 Å². The molecule has 0 heterocycles. The Balaban J connectivity index is 2.09. The van der Waals surface area contributed by atoms with Crippen molar-refractivity contribution in [1.29, 1.82) is 0 Å². The van der Waals surface area contributed by atoms with E-state index in [0.717, 1.165) is 12.0 Å². The third-order valence-corrected chi connectivity index (χ3v) is 4.13. The Morgan fingerprint density at radius 1 is 1.43 bits per heavy atom. The average Bonchev–Trinajstić information content (AvgIpc) is 2.86. The third kappa shape index (κ3) is 4.08. The van der Waals surface area contributed by atoms with Crippen LogP contribution in [0.25, 0.3) is 0 Å². The molecule has 4 heteroatoms. The summed E-state index contributed by atoms with van der Waals surface area (Å²) >= 11 is 6.04. The summed E-state index contributed by atoms with van der Waals surface area (Å²) in [6, 6.07) is 7.49. The highest BCUT2D eigenvalue weighted by atomic mass is 35.5. The zero-order chi connectivity index (χ0) is 15.4. The van der Waals surface area contributed by atoms with Crippen LogP contribution < -0.4 is 5.32 Å². The van der Waals surface area contributed by atoms with Crippen LogP contribution in [0.4, 0.5) is 0 Å². The van der Waals surface area contributed by atoms with E-state index < -0.39 is 0 Å². The number of carbonyl (C=O) groups is 1. The van der Waals surface area contributed by atoms with Gasteiger partial charge in [0.25, 0.3) is 0 Å². The lowest BCUT2D eigenvalue weighted by molar-refractivity contribution is -0.124. The molecule has 0 fully saturated rings. The fourth-order valence-electron chi connectivity index (χ4n) is 2.83. The van der Waals surface area contributed by atoms with E-state index in [1.54, 1.807) is 0 Å². The van der Waals surface area contributed by atoms with Gasteiger partial charge in [0.2, 0.25) is 5.91 Å². The molecule has 1 aromatic carbocycles. The molecule has 2 N–H and O–H groups in total. The minimum Gasteiger partial charge on any atom is -0.396 e. The SMILES string of the molecule is CC(C)C(C(=O)N[C@@H]1C=C[C@H](CO)C1)c1cccc(Cl)c1. The lowest BCUT2D eigenvalue weighted by Gasteiger charge is -2.23. The molecule has 0 aliphatic heterocycles. The van der Waals surface area contributed by atoms with Crippen LogP contribution in [0.15, 0.2) is 36.4 Å². The van der Waals surface area contributed by atoms with Crippen LogP contribution in [0, 0.1) is 11.8 Å². The number of aliphatic hydroxyl groups excluding tert-OH is 1. The molecule has 0 radical (unpaired) electrons. The highest BCUT2D eigenvalue weighted by molar-refractivity contribution is 6.30. The van der Waals surface area contributed by atoms with Gasteiger partial charge in [-0.15, -0.1) is 0 Å². The van der Waals surface area contributed by atoms with Gasteiger partial charge in [0.05, 0.1) is 5.92 Å². The Morgan fingerprint density at radius 2 is 2.19 bits per heavy atom. The van der Waals surface area contributed by atoms with Crippen LogP contribution >= 0.6 is 11.6 Å². The van der Waals surface area contributed by atoms with Crippen LogP contribution in [0.3, 0.4) is 0 Å². The minimum absolute atomic E-state index is 0.00934. The number of hydrogen-bond acceptors (Lipinski definition) is 2. The highest BCUT2D eigenvalue weighted by Crippen LogP contribution is 2.27. The van der Waals surface area contributed by atoms with Crippen molar-refractivity contribution in [2.24, 2.45) is 11.8 Å². The van der Waals surface area contributed by atoms with Gasteiger partial charge >= 0.3 is 0 Å². The molecule has 0 saturated heterocycles. The monoisotopic (exact) mass is 307 g/mol. The molecule has 0 spiro atoms. The Kier molecular flexibility index (Phi) is 5.43. The predicted octanol–water partition coefficient (Wildman–Crippen LogP) is 3.13. The van der Waals surface area contributed by atoms with Gasteiger partial charge in [-0.3, -0.25) is 4.79 Å². The number of hydrogen-bond donors (Lipinski definition) is 2. The van der Waals surface area contributed by atoms with Gasteiger partial charge in [-0.05, 0) is 30.0 Å². The van der Waals surface area contributed by atoms with Crippen molar-refractivity contribution in [1.82, 2.24) is 5.32 Å². The quantitative estimate of drug-likeness (QED) is 0.821. The average molecular weight is 308 g/mol. The Hall–Kier alpha value is -1.32. The van der Waals surface area contributed by atoms with Gasteiger partial charge in [0.15, 0.2) is 0 Å². The molecular formula is C17H22ClNO2. The number of aliphatic hydroxyl groups is 1. The normalized spacial score (nSPS) is 22.5. The Morgan fingerprint density at radius 3 is 2.76 bits per heavy atom. The summed E-state index contributed by atoms with van der Waals surface area (Å²) in [7, 11) is 0. The van der Waals surface area contributed by atoms with Crippen LogP contribution in [0.2, 0.25) is 5.02 Å². The maximum Gasteiger partial charge on any atom is 0.228 e. The predicted molar refractivity (Wildman–Crippen MR) is 85.3 cm³/mol. The van der Waals surface area contributed by atoms with Crippen molar-refractivity contribution >= 4 is 17.5 Å². The minimum atomic E-state index is -0.217. The number of benzene rings is 1. The van der Waals surface area contributed by atoms with Crippen molar-refractivity contribution in [2.45, 2.75) is 32.2 Å². The van der Waals surface area contributed by atoms with Crippen LogP contribution in [0.1, 0.15) is 31.7 Å². The van der Waals surface area contributed by atoms with Crippen LogP contribution in [-0.4, -0.2) is 23.7 Å². The third-order valence-electron chi connectivity index (χ3n) is 3.89. The Labute approximate surface area is 131 Å². The van der Waals surface area contributed by atoms with E-state index in [0.29, 0.717) is 5.02 Å². The van der Waals surface area contributed by atoms with E-state index in [9.17, 15) is 4.79 Å². The summed E-state index contributed by atoms with van der Waals surface area (Å²) in [6.07, 6.45) is 4.70. The lowest BCUT2D eigenvalue weighted by atomic mass is 9.87. The van der Waals surface area contributed by atoms with Crippen molar-refractivity contribution in [3.05, 3.63) is 47.0 Å². The molecule has 21 heavy (non-hydrogen) atoms. The van der Waals surface area contributed by atoms with Crippen molar-refractivity contribution in [3.63, 3.8) is 0 Å². The first-order valence-corrected chi connectivity index (χ1v) is 7.74. The van der Waals surface area contributed by atoms with E-state index in [-0.39, 0.29) is 36.3 Å². The summed E-state index contributed by atoms with van der Waals surface area (Å²) in [4.78, 5) is 12.6. The van der Waals surface area contributed by atoms with Crippen molar-refractivity contribution in [2.75, 3.05) is 6.61 Å². The van der Waals surface area contributed by atoms with E-state index in [1.165, 1.54) is 0 Å². The first kappa shape index (κ1) is 16.1. The number of rotatable bonds is 5. The number of carbonyl (C=O) groups excluding carboxylic acids is 1. The maximum absolute atomic E-state index is 12.6. The molecule has 2 rings (SSSR count). The molecule has 3 atom stereocenters. The zero-order valence-corrected chi connectivity index (χ0v) is 13.2. The van der Waals surface area contributed by atoms with Gasteiger partial charge < -0.3 is 10.4 Å². The molecule has 0 aromatic heterocycles. The second-order valence-electron chi connectivity index (χ2n) is 5.96. The van der Waals surface area contributed by atoms with Crippen molar-refractivity contribution < 1.29 is 9.90 Å². The summed E-state index contributed by atoms with van der Waals surface area (Å²) in [5.41, 5.74) is 0.940. The summed E-state index contributed by atoms with van der Waals surface area (Å²) in [5.74, 6) is 0.132. The van der Waals surface area contributed by atoms with Gasteiger partial charge in [-0.1, -0.05) is 49.7 Å². The molecule has 114 valence electrons. The standard InChI is InChI=1S/C17H22ClNO2/c1-11(2)16(13-4-3-5-14(18)9-13)17(21)19-15-7-6-12(8-15)10-20/h3-7,9,11-12,15-16,20H,8,10H2,1-2H3,(H,19,21)/t12-,15+,16?/m0/s1. The molecule has 1 aromatic rings. The van der Waals surface area contributed by atoms with Crippen molar-refractivity contribution in [3.8, 4) is 0 Å². The van der Waals surface area contributed by atoms with E-state index in [1.807, 2.05) is 50.3 Å². The Bertz CT molecular complexity index is 527. The summed E-state index contributed by atoms with van der Waals surface area (Å²) in [6.45, 7) is 4.20. The largest absolute Gasteiger partial charge is 0.396 e. The molecule has 0 bridgehead atoms. The fraction of sp³-hybridized carbons (Fsp3) is 0.471. The zero-order valence-electron chi connectivity index (χ0n) is 12.4. The molecule has 3 nitrogen and oxygen atoms in total. The number of halogens is 1. The second-order valence-corrected chi connectivity index (χ2v) is 6.39. The fourth-order valence-corrected chi connectivity index (χ4v) is 3.03. The summed E-state index contributed by atoms with van der Waals surface area (Å²) in [5, 5.41) is 12.9. The maximum atomic E-state index is 12.6. The number of nitrogens with one attached hydrogen (secondary N) is 1. The van der Waals surface area contributed by atoms with Crippen LogP contribution in [-0.2, 0) is 4.79 Å². The van der Waals surface area contributed by atoms with Gasteiger partial charge in [0, 0.05) is 23.6 Å². The number of amides is 1. The topological polar surface area (TPSA) is 49.3 Å². The van der Waals surface area contributed by atoms with E-state index >= 15 is 0 Å². The highest BCUT2D eigenvalue weighted by Gasteiger charge is 2.27.